The molecule has 1 aliphatic rings. The van der Waals surface area contributed by atoms with Gasteiger partial charge in [-0.2, -0.15) is 0 Å². The molecule has 1 heterocycles. The van der Waals surface area contributed by atoms with E-state index >= 15 is 0 Å². The monoisotopic (exact) mass is 278 g/mol. The normalized spacial score (nSPS) is 17.1. The number of nitro groups is 1. The minimum Gasteiger partial charge on any atom is -0.338 e. The summed E-state index contributed by atoms with van der Waals surface area (Å²) in [6.45, 7) is 5.54. The van der Waals surface area contributed by atoms with E-state index in [-0.39, 0.29) is 22.7 Å². The number of anilines is 1. The van der Waals surface area contributed by atoms with Crippen LogP contribution >= 0.6 is 0 Å². The Kier molecular flexibility index (Phi) is 3.63. The Morgan fingerprint density at radius 3 is 2.70 bits per heavy atom. The number of hydrazine groups is 1. The van der Waals surface area contributed by atoms with Crippen LogP contribution in [0.5, 0.6) is 0 Å². The molecule has 7 nitrogen and oxygen atoms in total. The molecule has 0 aromatic heterocycles. The Morgan fingerprint density at radius 2 is 2.20 bits per heavy atom. The minimum absolute atomic E-state index is 0.0976. The van der Waals surface area contributed by atoms with Gasteiger partial charge < -0.3 is 10.3 Å². The van der Waals surface area contributed by atoms with Gasteiger partial charge in [0.2, 0.25) is 0 Å². The first kappa shape index (κ1) is 14.3. The molecule has 2 rings (SSSR count). The van der Waals surface area contributed by atoms with Crippen LogP contribution in [0.2, 0.25) is 0 Å². The van der Waals surface area contributed by atoms with Crippen molar-refractivity contribution in [3.8, 4) is 0 Å². The van der Waals surface area contributed by atoms with Crippen LogP contribution in [0.1, 0.15) is 30.6 Å². The number of nitrogen functional groups attached to an aromatic ring is 1. The van der Waals surface area contributed by atoms with Crippen molar-refractivity contribution in [2.75, 3.05) is 18.5 Å². The first-order chi connectivity index (χ1) is 9.34. The molecule has 7 heteroatoms. The molecule has 0 unspecified atom stereocenters. The van der Waals surface area contributed by atoms with Crippen molar-refractivity contribution in [1.29, 1.82) is 0 Å². The number of nitro benzene ring substituents is 1. The summed E-state index contributed by atoms with van der Waals surface area (Å²) in [5.74, 6) is 5.04. The quantitative estimate of drug-likeness (QED) is 0.498. The molecular formula is C13H18N4O3. The number of carbonyl (C=O) groups excluding carboxylic acids is 1. The van der Waals surface area contributed by atoms with E-state index in [9.17, 15) is 14.9 Å². The molecule has 1 amide bonds. The third-order valence-corrected chi connectivity index (χ3v) is 3.56. The smallest absolute Gasteiger partial charge is 0.294 e. The lowest BCUT2D eigenvalue weighted by atomic mass is 9.93. The summed E-state index contributed by atoms with van der Waals surface area (Å²) < 4.78 is 0. The highest BCUT2D eigenvalue weighted by Gasteiger charge is 2.33. The summed E-state index contributed by atoms with van der Waals surface area (Å²) in [6, 6.07) is 4.27. The first-order valence-corrected chi connectivity index (χ1v) is 6.38. The van der Waals surface area contributed by atoms with E-state index in [1.165, 1.54) is 12.1 Å². The molecule has 1 aliphatic heterocycles. The molecule has 3 N–H and O–H groups in total. The predicted octanol–water partition coefficient (Wildman–Crippen LogP) is 1.75. The maximum Gasteiger partial charge on any atom is 0.294 e. The fourth-order valence-corrected chi connectivity index (χ4v) is 2.41. The zero-order valence-electron chi connectivity index (χ0n) is 11.5. The van der Waals surface area contributed by atoms with Gasteiger partial charge in [0.15, 0.2) is 0 Å². The largest absolute Gasteiger partial charge is 0.338 e. The molecule has 1 aromatic rings. The minimum atomic E-state index is -0.556. The van der Waals surface area contributed by atoms with Crippen molar-refractivity contribution in [2.45, 2.75) is 20.3 Å². The van der Waals surface area contributed by atoms with Gasteiger partial charge in [-0.3, -0.25) is 20.8 Å². The second-order valence-corrected chi connectivity index (χ2v) is 5.77. The molecule has 0 spiro atoms. The van der Waals surface area contributed by atoms with Gasteiger partial charge in [-0.25, -0.2) is 0 Å². The number of carbonyl (C=O) groups is 1. The molecule has 1 saturated heterocycles. The van der Waals surface area contributed by atoms with E-state index in [1.54, 1.807) is 11.0 Å². The van der Waals surface area contributed by atoms with Crippen molar-refractivity contribution in [2.24, 2.45) is 11.3 Å². The summed E-state index contributed by atoms with van der Waals surface area (Å²) in [5, 5.41) is 11.0. The van der Waals surface area contributed by atoms with E-state index < -0.39 is 4.92 Å². The third-order valence-electron chi connectivity index (χ3n) is 3.56. The number of nitrogens with zero attached hydrogens (tertiary/aromatic N) is 2. The fraction of sp³-hybridized carbons (Fsp3) is 0.462. The average molecular weight is 278 g/mol. The molecule has 1 aromatic carbocycles. The van der Waals surface area contributed by atoms with Crippen LogP contribution in [-0.2, 0) is 0 Å². The number of amides is 1. The molecule has 0 bridgehead atoms. The molecule has 20 heavy (non-hydrogen) atoms. The zero-order chi connectivity index (χ0) is 14.9. The van der Waals surface area contributed by atoms with Gasteiger partial charge in [0.25, 0.3) is 11.6 Å². The third kappa shape index (κ3) is 2.72. The Balaban J connectivity index is 2.27. The van der Waals surface area contributed by atoms with E-state index in [0.717, 1.165) is 6.42 Å². The van der Waals surface area contributed by atoms with Gasteiger partial charge in [-0.1, -0.05) is 13.8 Å². The maximum absolute atomic E-state index is 12.4. The molecule has 0 saturated carbocycles. The number of rotatable bonds is 3. The molecule has 108 valence electrons. The lowest BCUT2D eigenvalue weighted by Crippen LogP contribution is -2.30. The number of nitrogens with one attached hydrogen (secondary N) is 1. The van der Waals surface area contributed by atoms with Gasteiger partial charge in [0.05, 0.1) is 4.92 Å². The van der Waals surface area contributed by atoms with Crippen LogP contribution < -0.4 is 11.3 Å². The second kappa shape index (κ2) is 5.09. The SMILES string of the molecule is CC1(C)CCN(C(=O)c2ccc(NN)c([N+](=O)[O-])c2)C1. The van der Waals surface area contributed by atoms with Crippen LogP contribution in [0.3, 0.4) is 0 Å². The molecular weight excluding hydrogens is 260 g/mol. The predicted molar refractivity (Wildman–Crippen MR) is 75.2 cm³/mol. The van der Waals surface area contributed by atoms with Gasteiger partial charge in [-0.15, -0.1) is 0 Å². The zero-order valence-corrected chi connectivity index (χ0v) is 11.5. The second-order valence-electron chi connectivity index (χ2n) is 5.77. The van der Waals surface area contributed by atoms with Gasteiger partial charge in [-0.05, 0) is 24.0 Å². The van der Waals surface area contributed by atoms with Crippen molar-refractivity contribution in [1.82, 2.24) is 4.90 Å². The highest BCUT2D eigenvalue weighted by molar-refractivity contribution is 5.96. The summed E-state index contributed by atoms with van der Waals surface area (Å²) in [5.41, 5.74) is 2.66. The highest BCUT2D eigenvalue weighted by Crippen LogP contribution is 2.31. The van der Waals surface area contributed by atoms with E-state index in [1.807, 2.05) is 0 Å². The number of likely N-dealkylation sites (tertiary alicyclic amines) is 1. The van der Waals surface area contributed by atoms with Gasteiger partial charge >= 0.3 is 0 Å². The number of benzene rings is 1. The van der Waals surface area contributed by atoms with Crippen LogP contribution in [0.4, 0.5) is 11.4 Å². The summed E-state index contributed by atoms with van der Waals surface area (Å²) in [6.07, 6.45) is 0.934. The summed E-state index contributed by atoms with van der Waals surface area (Å²) in [7, 11) is 0. The number of hydrogen-bond donors (Lipinski definition) is 2. The van der Waals surface area contributed by atoms with Crippen molar-refractivity contribution in [3.05, 3.63) is 33.9 Å². The molecule has 0 radical (unpaired) electrons. The molecule has 0 aliphatic carbocycles. The Hall–Kier alpha value is -2.15. The fourth-order valence-electron chi connectivity index (χ4n) is 2.41. The maximum atomic E-state index is 12.4. The summed E-state index contributed by atoms with van der Waals surface area (Å²) >= 11 is 0. The summed E-state index contributed by atoms with van der Waals surface area (Å²) in [4.78, 5) is 24.5. The van der Waals surface area contributed by atoms with E-state index in [0.29, 0.717) is 18.7 Å². The Bertz CT molecular complexity index is 557. The topological polar surface area (TPSA) is 102 Å². The number of nitrogens with two attached hydrogens (primary N) is 1. The van der Waals surface area contributed by atoms with E-state index in [2.05, 4.69) is 19.3 Å². The van der Waals surface area contributed by atoms with Crippen LogP contribution in [0.15, 0.2) is 18.2 Å². The van der Waals surface area contributed by atoms with Gasteiger partial charge in [0, 0.05) is 24.7 Å². The van der Waals surface area contributed by atoms with E-state index in [4.69, 9.17) is 5.84 Å². The lowest BCUT2D eigenvalue weighted by molar-refractivity contribution is -0.384. The Morgan fingerprint density at radius 1 is 1.50 bits per heavy atom. The van der Waals surface area contributed by atoms with Crippen molar-refractivity contribution < 1.29 is 9.72 Å². The Labute approximate surface area is 116 Å². The highest BCUT2D eigenvalue weighted by atomic mass is 16.6. The standard InChI is InChI=1S/C13H18N4O3/c1-13(2)5-6-16(8-13)12(18)9-3-4-10(15-14)11(7-9)17(19)20/h3-4,7,15H,5-6,8,14H2,1-2H3. The lowest BCUT2D eigenvalue weighted by Gasteiger charge is -2.20. The average Bonchev–Trinajstić information content (AvgIpc) is 2.77. The first-order valence-electron chi connectivity index (χ1n) is 6.38. The molecule has 0 atom stereocenters. The van der Waals surface area contributed by atoms with Crippen molar-refractivity contribution >= 4 is 17.3 Å². The van der Waals surface area contributed by atoms with Crippen LogP contribution in [0, 0.1) is 15.5 Å². The van der Waals surface area contributed by atoms with Gasteiger partial charge in [0.1, 0.15) is 5.69 Å². The number of hydrogen-bond acceptors (Lipinski definition) is 5. The molecule has 1 fully saturated rings. The van der Waals surface area contributed by atoms with Crippen LogP contribution in [0.25, 0.3) is 0 Å². The van der Waals surface area contributed by atoms with Crippen molar-refractivity contribution in [3.63, 3.8) is 0 Å². The van der Waals surface area contributed by atoms with Crippen LogP contribution in [-0.4, -0.2) is 28.8 Å².